The monoisotopic (exact) mass is 1300 g/mol. The van der Waals surface area contributed by atoms with E-state index in [0.29, 0.717) is 23.9 Å². The van der Waals surface area contributed by atoms with Crippen LogP contribution in [0.1, 0.15) is 322 Å². The first-order valence-electron chi connectivity index (χ1n) is 38.3. The van der Waals surface area contributed by atoms with Crippen LogP contribution in [0, 0.1) is 0 Å². The maximum atomic E-state index is 12.9. The number of unbranched alkanes of at least 4 members (excludes halogenated alkanes) is 33. The third-order valence-electron chi connectivity index (χ3n) is 16.4. The highest BCUT2D eigenvalue weighted by Crippen LogP contribution is 2.18. The molecule has 0 saturated heterocycles. The first kappa shape index (κ1) is 88.4. The summed E-state index contributed by atoms with van der Waals surface area (Å²) < 4.78 is 22.9. The van der Waals surface area contributed by atoms with Crippen LogP contribution in [0.15, 0.2) is 134 Å². The minimum atomic E-state index is -1.53. The summed E-state index contributed by atoms with van der Waals surface area (Å²) in [6.07, 6.45) is 103. The average molecular weight is 1300 g/mol. The number of carboxylic acid groups (broad SMARTS) is 1. The summed E-state index contributed by atoms with van der Waals surface area (Å²) in [6, 6.07) is 0. The molecule has 0 spiro atoms. The second kappa shape index (κ2) is 73.2. The van der Waals surface area contributed by atoms with Gasteiger partial charge >= 0.3 is 17.9 Å². The van der Waals surface area contributed by atoms with Crippen molar-refractivity contribution in [1.29, 1.82) is 0 Å². The van der Waals surface area contributed by atoms with Crippen molar-refractivity contribution in [2.45, 2.75) is 334 Å². The molecule has 93 heavy (non-hydrogen) atoms. The zero-order valence-corrected chi connectivity index (χ0v) is 60.9. The molecule has 0 radical (unpaired) electrons. The van der Waals surface area contributed by atoms with Crippen LogP contribution in [0.2, 0.25) is 0 Å². The van der Waals surface area contributed by atoms with Gasteiger partial charge in [0.05, 0.1) is 34.4 Å². The van der Waals surface area contributed by atoms with E-state index in [0.717, 1.165) is 83.5 Å². The summed E-state index contributed by atoms with van der Waals surface area (Å²) in [4.78, 5) is 37.6. The predicted octanol–water partition coefficient (Wildman–Crippen LogP) is 24.5. The van der Waals surface area contributed by atoms with Crippen LogP contribution < -0.4 is 0 Å². The molecule has 0 saturated carbocycles. The van der Waals surface area contributed by atoms with E-state index in [1.54, 1.807) is 0 Å². The molecule has 2 unspecified atom stereocenters. The Kier molecular flexibility index (Phi) is 69.6. The number of esters is 2. The van der Waals surface area contributed by atoms with Crippen LogP contribution in [-0.2, 0) is 33.3 Å². The summed E-state index contributed by atoms with van der Waals surface area (Å²) in [5.41, 5.74) is 0. The van der Waals surface area contributed by atoms with Gasteiger partial charge in [-0.15, -0.1) is 0 Å². The first-order chi connectivity index (χ1) is 45.6. The number of hydrogen-bond donors (Lipinski definition) is 1. The molecule has 0 aliphatic carbocycles. The maximum absolute atomic E-state index is 12.9. The lowest BCUT2D eigenvalue weighted by Crippen LogP contribution is -2.40. The Morgan fingerprint density at radius 3 is 0.946 bits per heavy atom. The lowest BCUT2D eigenvalue weighted by molar-refractivity contribution is -0.870. The summed E-state index contributed by atoms with van der Waals surface area (Å²) in [5.74, 6) is -2.09. The van der Waals surface area contributed by atoms with Crippen LogP contribution in [0.4, 0.5) is 0 Å². The van der Waals surface area contributed by atoms with Gasteiger partial charge in [0.25, 0.3) is 6.29 Å². The Balaban J connectivity index is 4.10. The van der Waals surface area contributed by atoms with Gasteiger partial charge in [-0.1, -0.05) is 334 Å². The first-order valence-corrected chi connectivity index (χ1v) is 38.3. The van der Waals surface area contributed by atoms with Crippen LogP contribution in [0.25, 0.3) is 0 Å². The number of carbonyl (C=O) groups excluding carboxylic acids is 2. The van der Waals surface area contributed by atoms with Crippen LogP contribution in [0.5, 0.6) is 0 Å². The number of quaternary nitrogens is 1. The highest BCUT2D eigenvalue weighted by Gasteiger charge is 2.25. The molecule has 0 aromatic rings. The van der Waals surface area contributed by atoms with Gasteiger partial charge in [-0.25, -0.2) is 4.79 Å². The number of allylic oxidation sites excluding steroid dienone is 22. The van der Waals surface area contributed by atoms with E-state index in [2.05, 4.69) is 148 Å². The highest BCUT2D eigenvalue weighted by molar-refractivity contribution is 5.71. The number of aliphatic carboxylic acids is 1. The van der Waals surface area contributed by atoms with E-state index < -0.39 is 24.3 Å². The van der Waals surface area contributed by atoms with Crippen molar-refractivity contribution >= 4 is 17.9 Å². The third kappa shape index (κ3) is 74.7. The molecule has 0 aromatic heterocycles. The standard InChI is InChI=1S/C84H143NO8/c1-6-8-10-12-14-16-18-20-22-24-26-28-30-32-34-36-37-38-39-40-41-42-43-44-45-47-48-50-52-54-56-58-60-62-64-66-68-70-72-74-81(86)91-78-80(79-92-84(83(88)89)90-77-76-85(3,4)5)93-82(87)75-73-71-69-67-65-63-61-59-57-55-53-51-49-46-35-33-31-29-27-25-23-21-19-17-15-13-11-9-7-2/h9,11,15,17-18,20-21,23-24,26-27,29,33,35,49,51,55,57,61,63,67,69,80,84H,6-8,10,12-14,16,19,22,25,28,30-32,34,36-48,50,52-54,56,58-60,62,64-66,68,70-79H2,1-5H3/p+1/b11-9-,17-15-,20-18-,23-21-,26-24-,29-27-,35-33-,51-49-,57-55-,63-61-,69-67-. The minimum Gasteiger partial charge on any atom is -0.477 e. The smallest absolute Gasteiger partial charge is 0.361 e. The number of rotatable bonds is 70. The van der Waals surface area contributed by atoms with Gasteiger partial charge in [0.15, 0.2) is 6.10 Å². The molecule has 0 bridgehead atoms. The largest absolute Gasteiger partial charge is 0.477 e. The quantitative estimate of drug-likeness (QED) is 0.0211. The zero-order valence-electron chi connectivity index (χ0n) is 60.9. The average Bonchev–Trinajstić information content (AvgIpc) is 3.74. The van der Waals surface area contributed by atoms with Gasteiger partial charge in [-0.05, 0) is 109 Å². The molecule has 0 aliphatic heterocycles. The van der Waals surface area contributed by atoms with Crippen LogP contribution in [-0.4, -0.2) is 87.4 Å². The summed E-state index contributed by atoms with van der Waals surface area (Å²) in [7, 11) is 5.96. The molecule has 2 atom stereocenters. The van der Waals surface area contributed by atoms with E-state index in [1.807, 2.05) is 21.1 Å². The number of carboxylic acids is 1. The van der Waals surface area contributed by atoms with Gasteiger partial charge in [0.2, 0.25) is 0 Å². The molecule has 0 amide bonds. The van der Waals surface area contributed by atoms with Crippen LogP contribution >= 0.6 is 0 Å². The molecule has 532 valence electrons. The normalized spacial score (nSPS) is 13.4. The summed E-state index contributed by atoms with van der Waals surface area (Å²) in [6.45, 7) is 4.70. The van der Waals surface area contributed by atoms with Gasteiger partial charge in [0.1, 0.15) is 13.2 Å². The fourth-order valence-electron chi connectivity index (χ4n) is 10.6. The molecule has 9 heteroatoms. The number of carbonyl (C=O) groups is 3. The fourth-order valence-corrected chi connectivity index (χ4v) is 10.6. The van der Waals surface area contributed by atoms with Crippen molar-refractivity contribution in [3.05, 3.63) is 134 Å². The van der Waals surface area contributed by atoms with E-state index >= 15 is 0 Å². The van der Waals surface area contributed by atoms with Crippen molar-refractivity contribution in [2.75, 3.05) is 47.5 Å². The van der Waals surface area contributed by atoms with Crippen molar-refractivity contribution in [1.82, 2.24) is 0 Å². The van der Waals surface area contributed by atoms with Gasteiger partial charge in [0, 0.05) is 12.8 Å². The summed E-state index contributed by atoms with van der Waals surface area (Å²) >= 11 is 0. The van der Waals surface area contributed by atoms with Crippen molar-refractivity contribution in [3.63, 3.8) is 0 Å². The van der Waals surface area contributed by atoms with Crippen LogP contribution in [0.3, 0.4) is 0 Å². The molecule has 9 nitrogen and oxygen atoms in total. The molecular weight excluding hydrogens is 1150 g/mol. The zero-order chi connectivity index (χ0) is 67.5. The molecule has 0 fully saturated rings. The fraction of sp³-hybridized carbons (Fsp3) is 0.702. The van der Waals surface area contributed by atoms with E-state index in [1.165, 1.54) is 199 Å². The third-order valence-corrected chi connectivity index (χ3v) is 16.4. The Labute approximate surface area is 573 Å². The number of likely N-dealkylation sites (N-methyl/N-ethyl adjacent to an activating group) is 1. The van der Waals surface area contributed by atoms with E-state index in [9.17, 15) is 19.5 Å². The van der Waals surface area contributed by atoms with Crippen molar-refractivity contribution in [2.24, 2.45) is 0 Å². The topological polar surface area (TPSA) is 108 Å². The Morgan fingerprint density at radius 1 is 0.333 bits per heavy atom. The van der Waals surface area contributed by atoms with Gasteiger partial charge in [-0.2, -0.15) is 0 Å². The van der Waals surface area contributed by atoms with Crippen molar-refractivity contribution < 1.29 is 42.9 Å². The second-order valence-corrected chi connectivity index (χ2v) is 26.6. The molecule has 0 heterocycles. The lowest BCUT2D eigenvalue weighted by Gasteiger charge is -2.25. The molecular formula is C84H144NO8+. The lowest BCUT2D eigenvalue weighted by atomic mass is 10.0. The summed E-state index contributed by atoms with van der Waals surface area (Å²) in [5, 5.41) is 9.75. The van der Waals surface area contributed by atoms with Gasteiger partial charge in [-0.3, -0.25) is 9.59 Å². The SMILES string of the molecule is CC/C=C\C/C=C\C/C=C\C/C=C\C/C=C\C/C=C\C/C=C\C/C=C\C/C=C\CCCC(=O)OC(COC(=O)CCCCCCCCCCCCCCCCCCCCCCCCCCCCC/C=C\C/C=C\CCCCCCC)COC(OCC[N+](C)(C)C)C(=O)O. The maximum Gasteiger partial charge on any atom is 0.361 e. The number of nitrogens with zero attached hydrogens (tertiary/aromatic N) is 1. The molecule has 0 aliphatic rings. The number of ether oxygens (including phenoxy) is 4. The Bertz CT molecular complexity index is 2000. The molecule has 0 aromatic carbocycles. The minimum absolute atomic E-state index is 0.171. The van der Waals surface area contributed by atoms with Gasteiger partial charge < -0.3 is 28.5 Å². The van der Waals surface area contributed by atoms with E-state index in [-0.39, 0.29) is 38.6 Å². The Hall–Kier alpha value is -4.57. The van der Waals surface area contributed by atoms with E-state index in [4.69, 9.17) is 18.9 Å². The second-order valence-electron chi connectivity index (χ2n) is 26.6. The highest BCUT2D eigenvalue weighted by atomic mass is 16.7. The molecule has 1 N–H and O–H groups in total. The Morgan fingerprint density at radius 2 is 0.624 bits per heavy atom. The number of hydrogen-bond acceptors (Lipinski definition) is 7. The predicted molar refractivity (Wildman–Crippen MR) is 401 cm³/mol. The van der Waals surface area contributed by atoms with Crippen molar-refractivity contribution in [3.8, 4) is 0 Å². The molecule has 0 rings (SSSR count).